The molecule has 0 bridgehead atoms. The van der Waals surface area contributed by atoms with Gasteiger partial charge in [-0.2, -0.15) is 0 Å². The van der Waals surface area contributed by atoms with Crippen molar-refractivity contribution in [3.8, 4) is 0 Å². The summed E-state index contributed by atoms with van der Waals surface area (Å²) in [6, 6.07) is 23.3. The Bertz CT molecular complexity index is 1070. The van der Waals surface area contributed by atoms with Crippen molar-refractivity contribution in [2.75, 3.05) is 11.4 Å². The third kappa shape index (κ3) is 2.00. The standard InChI is InChI=1S/C24H24N2O/c1-23(2)20-13-6-7-14-21(20)25-16-22(27)26(24(23,25)3)15-18-11-8-10-17-9-4-5-12-19(17)18/h4-14H,15-16H2,1-3H3/t24-/m0/s1. The lowest BCUT2D eigenvalue weighted by molar-refractivity contribution is -0.132. The van der Waals surface area contributed by atoms with Crippen LogP contribution in [0.4, 0.5) is 5.69 Å². The molecule has 0 N–H and O–H groups in total. The van der Waals surface area contributed by atoms with Gasteiger partial charge < -0.3 is 9.80 Å². The van der Waals surface area contributed by atoms with Crippen molar-refractivity contribution >= 4 is 22.4 Å². The van der Waals surface area contributed by atoms with Crippen molar-refractivity contribution in [1.29, 1.82) is 0 Å². The molecule has 136 valence electrons. The monoisotopic (exact) mass is 356 g/mol. The Kier molecular flexibility index (Phi) is 3.24. The van der Waals surface area contributed by atoms with E-state index in [4.69, 9.17) is 0 Å². The van der Waals surface area contributed by atoms with E-state index in [1.165, 1.54) is 27.6 Å². The number of rotatable bonds is 2. The molecule has 2 aliphatic heterocycles. The Morgan fingerprint density at radius 3 is 2.44 bits per heavy atom. The van der Waals surface area contributed by atoms with Gasteiger partial charge in [0.25, 0.3) is 0 Å². The average molecular weight is 356 g/mol. The van der Waals surface area contributed by atoms with E-state index in [1.54, 1.807) is 0 Å². The molecule has 3 heteroatoms. The number of hydrogen-bond acceptors (Lipinski definition) is 2. The maximum atomic E-state index is 13.1. The maximum absolute atomic E-state index is 13.1. The molecule has 0 radical (unpaired) electrons. The second-order valence-corrected chi connectivity index (χ2v) is 8.37. The molecule has 0 aromatic heterocycles. The molecule has 1 fully saturated rings. The minimum atomic E-state index is -0.370. The Hall–Kier alpha value is -2.81. The van der Waals surface area contributed by atoms with Crippen molar-refractivity contribution in [3.05, 3.63) is 77.9 Å². The van der Waals surface area contributed by atoms with Gasteiger partial charge in [-0.3, -0.25) is 4.79 Å². The highest BCUT2D eigenvalue weighted by Gasteiger charge is 2.62. The first-order valence-corrected chi connectivity index (χ1v) is 9.59. The first kappa shape index (κ1) is 16.4. The van der Waals surface area contributed by atoms with Gasteiger partial charge in [0, 0.05) is 17.6 Å². The number of anilines is 1. The topological polar surface area (TPSA) is 23.6 Å². The molecule has 0 spiro atoms. The minimum Gasteiger partial charge on any atom is -0.338 e. The van der Waals surface area contributed by atoms with Crippen LogP contribution in [-0.4, -0.2) is 23.0 Å². The third-order valence-corrected chi connectivity index (χ3v) is 6.91. The van der Waals surface area contributed by atoms with Crippen molar-refractivity contribution < 1.29 is 4.79 Å². The molecule has 3 aromatic rings. The minimum absolute atomic E-state index is 0.152. The number of hydrogen-bond donors (Lipinski definition) is 0. The van der Waals surface area contributed by atoms with E-state index in [-0.39, 0.29) is 17.0 Å². The SMILES string of the molecule is CC1(C)c2ccccc2N2CC(=O)N(Cc3cccc4ccccc34)[C@]21C. The van der Waals surface area contributed by atoms with Crippen molar-refractivity contribution in [3.63, 3.8) is 0 Å². The van der Waals surface area contributed by atoms with Crippen LogP contribution in [0.1, 0.15) is 31.9 Å². The first-order valence-electron chi connectivity index (χ1n) is 9.59. The Morgan fingerprint density at radius 2 is 1.59 bits per heavy atom. The Morgan fingerprint density at radius 1 is 0.889 bits per heavy atom. The number of carbonyl (C=O) groups excluding carboxylic acids is 1. The summed E-state index contributed by atoms with van der Waals surface area (Å²) in [5.74, 6) is 0.202. The second-order valence-electron chi connectivity index (χ2n) is 8.37. The van der Waals surface area contributed by atoms with Gasteiger partial charge in [-0.1, -0.05) is 74.5 Å². The lowest BCUT2D eigenvalue weighted by Gasteiger charge is -2.46. The van der Waals surface area contributed by atoms with Gasteiger partial charge in [-0.25, -0.2) is 0 Å². The lowest BCUT2D eigenvalue weighted by atomic mass is 9.76. The summed E-state index contributed by atoms with van der Waals surface area (Å²) in [6.07, 6.45) is 0. The molecular formula is C24H24N2O. The molecule has 3 aromatic carbocycles. The van der Waals surface area contributed by atoms with E-state index in [9.17, 15) is 4.79 Å². The summed E-state index contributed by atoms with van der Waals surface area (Å²) in [5, 5.41) is 2.45. The summed E-state index contributed by atoms with van der Waals surface area (Å²) >= 11 is 0. The van der Waals surface area contributed by atoms with Crippen LogP contribution in [0.25, 0.3) is 10.8 Å². The molecule has 2 aliphatic rings. The summed E-state index contributed by atoms with van der Waals surface area (Å²) in [4.78, 5) is 17.5. The van der Waals surface area contributed by atoms with E-state index >= 15 is 0 Å². The molecule has 5 rings (SSSR count). The number of para-hydroxylation sites is 1. The highest BCUT2D eigenvalue weighted by Crippen LogP contribution is 2.55. The zero-order chi connectivity index (χ0) is 18.8. The third-order valence-electron chi connectivity index (χ3n) is 6.91. The molecular weight excluding hydrogens is 332 g/mol. The number of carbonyl (C=O) groups is 1. The van der Waals surface area contributed by atoms with Crippen molar-refractivity contribution in [1.82, 2.24) is 4.90 Å². The fourth-order valence-corrected chi connectivity index (χ4v) is 5.09. The predicted octanol–water partition coefficient (Wildman–Crippen LogP) is 4.70. The quantitative estimate of drug-likeness (QED) is 0.665. The van der Waals surface area contributed by atoms with E-state index in [0.717, 1.165) is 0 Å². The van der Waals surface area contributed by atoms with Gasteiger partial charge in [-0.15, -0.1) is 0 Å². The van der Waals surface area contributed by atoms with E-state index in [2.05, 4.69) is 97.3 Å². The van der Waals surface area contributed by atoms with Gasteiger partial charge in [0.2, 0.25) is 5.91 Å². The zero-order valence-corrected chi connectivity index (χ0v) is 16.1. The van der Waals surface area contributed by atoms with Crippen LogP contribution in [0.2, 0.25) is 0 Å². The molecule has 3 nitrogen and oxygen atoms in total. The van der Waals surface area contributed by atoms with E-state index in [1.807, 2.05) is 0 Å². The first-order chi connectivity index (χ1) is 12.9. The normalized spacial score (nSPS) is 23.0. The van der Waals surface area contributed by atoms with Crippen molar-refractivity contribution in [2.24, 2.45) is 0 Å². The van der Waals surface area contributed by atoms with Crippen LogP contribution in [0.5, 0.6) is 0 Å². The van der Waals surface area contributed by atoms with E-state index in [0.29, 0.717) is 13.1 Å². The molecule has 1 amide bonds. The highest BCUT2D eigenvalue weighted by molar-refractivity contribution is 5.91. The second kappa shape index (κ2) is 5.35. The summed E-state index contributed by atoms with van der Waals surface area (Å²) in [7, 11) is 0. The summed E-state index contributed by atoms with van der Waals surface area (Å²) < 4.78 is 0. The molecule has 0 aliphatic carbocycles. The van der Waals surface area contributed by atoms with E-state index < -0.39 is 0 Å². The number of amides is 1. The van der Waals surface area contributed by atoms with Gasteiger partial charge in [-0.05, 0) is 34.9 Å². The lowest BCUT2D eigenvalue weighted by Crippen LogP contribution is -2.59. The summed E-state index contributed by atoms with van der Waals surface area (Å²) in [5.41, 5.74) is 3.20. The number of benzene rings is 3. The van der Waals surface area contributed by atoms with Crippen LogP contribution in [0, 0.1) is 0 Å². The van der Waals surface area contributed by atoms with Crippen LogP contribution in [0.3, 0.4) is 0 Å². The van der Waals surface area contributed by atoms with Crippen LogP contribution in [0.15, 0.2) is 66.7 Å². The molecule has 1 saturated heterocycles. The predicted molar refractivity (Wildman–Crippen MR) is 110 cm³/mol. The van der Waals surface area contributed by atoms with Crippen molar-refractivity contribution in [2.45, 2.75) is 38.4 Å². The van der Waals surface area contributed by atoms with Gasteiger partial charge in [0.1, 0.15) is 5.66 Å². The largest absolute Gasteiger partial charge is 0.338 e. The Labute approximate surface area is 160 Å². The number of fused-ring (bicyclic) bond motifs is 4. The average Bonchev–Trinajstić information content (AvgIpc) is 3.03. The van der Waals surface area contributed by atoms with Crippen LogP contribution < -0.4 is 4.90 Å². The fourth-order valence-electron chi connectivity index (χ4n) is 5.09. The molecule has 27 heavy (non-hydrogen) atoms. The number of nitrogens with zero attached hydrogens (tertiary/aromatic N) is 2. The molecule has 1 atom stereocenters. The fraction of sp³-hybridized carbons (Fsp3) is 0.292. The van der Waals surface area contributed by atoms with Gasteiger partial charge >= 0.3 is 0 Å². The summed E-state index contributed by atoms with van der Waals surface area (Å²) in [6.45, 7) is 7.83. The Balaban J connectivity index is 1.63. The maximum Gasteiger partial charge on any atom is 0.244 e. The van der Waals surface area contributed by atoms with Crippen LogP contribution >= 0.6 is 0 Å². The molecule has 0 unspecified atom stereocenters. The zero-order valence-electron chi connectivity index (χ0n) is 16.1. The van der Waals surface area contributed by atoms with Gasteiger partial charge in [0.15, 0.2) is 0 Å². The smallest absolute Gasteiger partial charge is 0.244 e. The molecule has 2 heterocycles. The highest BCUT2D eigenvalue weighted by atomic mass is 16.2. The van der Waals surface area contributed by atoms with Crippen LogP contribution in [-0.2, 0) is 16.8 Å². The molecule has 0 saturated carbocycles. The van der Waals surface area contributed by atoms with Gasteiger partial charge in [0.05, 0.1) is 6.54 Å².